The first-order valence-electron chi connectivity index (χ1n) is 9.56. The molecule has 0 saturated carbocycles. The Balaban J connectivity index is 1.96. The van der Waals surface area contributed by atoms with Crippen molar-refractivity contribution in [3.63, 3.8) is 0 Å². The van der Waals surface area contributed by atoms with Gasteiger partial charge in [-0.1, -0.05) is 31.9 Å². The Morgan fingerprint density at radius 2 is 2.00 bits per heavy atom. The first-order valence-corrected chi connectivity index (χ1v) is 9.56. The third-order valence-electron chi connectivity index (χ3n) is 4.69. The highest BCUT2D eigenvalue weighted by Crippen LogP contribution is 2.29. The van der Waals surface area contributed by atoms with Gasteiger partial charge < -0.3 is 10.7 Å². The summed E-state index contributed by atoms with van der Waals surface area (Å²) >= 11 is 0. The van der Waals surface area contributed by atoms with Gasteiger partial charge in [-0.15, -0.1) is 0 Å². The van der Waals surface area contributed by atoms with E-state index >= 15 is 0 Å². The normalized spacial score (nSPS) is 11.2. The maximum Gasteiger partial charge on any atom is 0.248 e. The summed E-state index contributed by atoms with van der Waals surface area (Å²) < 4.78 is 15.6. The summed E-state index contributed by atoms with van der Waals surface area (Å²) in [6, 6.07) is 9.23. The van der Waals surface area contributed by atoms with Crippen molar-refractivity contribution in [3.8, 4) is 17.1 Å². The molecule has 0 atom stereocenters. The van der Waals surface area contributed by atoms with E-state index in [1.807, 2.05) is 0 Å². The number of aromatic amines is 1. The molecule has 0 fully saturated rings. The van der Waals surface area contributed by atoms with Crippen LogP contribution in [0.1, 0.15) is 32.0 Å². The molecule has 148 valence electrons. The minimum Gasteiger partial charge on any atom is -0.382 e. The summed E-state index contributed by atoms with van der Waals surface area (Å²) in [6.07, 6.45) is 5.41. The Bertz CT molecular complexity index is 1210. The molecule has 0 aliphatic heterocycles. The Labute approximate surface area is 166 Å². The molecular formula is C21H21FN6O. The Morgan fingerprint density at radius 1 is 1.14 bits per heavy atom. The van der Waals surface area contributed by atoms with Gasteiger partial charge in [-0.05, 0) is 24.6 Å². The average Bonchev–Trinajstić information content (AvgIpc) is 3.09. The lowest BCUT2D eigenvalue weighted by Gasteiger charge is -2.09. The number of nitrogens with two attached hydrogens (primary N) is 1. The first kappa shape index (κ1) is 18.8. The van der Waals surface area contributed by atoms with Crippen molar-refractivity contribution >= 4 is 17.0 Å². The highest BCUT2D eigenvalue weighted by molar-refractivity contribution is 5.87. The Hall–Kier alpha value is -3.55. The number of nitrogens with zero attached hydrogens (tertiary/aromatic N) is 4. The van der Waals surface area contributed by atoms with Crippen molar-refractivity contribution in [2.45, 2.75) is 32.6 Å². The maximum atomic E-state index is 13.9. The SMILES string of the molecule is CCCCCc1nc(N)c2nc(-c3cccc(F)c3)n(-c3ccc(=O)[nH]c3)c2n1. The third-order valence-corrected chi connectivity index (χ3v) is 4.69. The van der Waals surface area contributed by atoms with Crippen LogP contribution in [0.2, 0.25) is 0 Å². The number of hydrogen-bond donors (Lipinski definition) is 2. The molecule has 7 nitrogen and oxygen atoms in total. The second kappa shape index (κ2) is 7.83. The second-order valence-electron chi connectivity index (χ2n) is 6.85. The van der Waals surface area contributed by atoms with Crippen LogP contribution in [-0.4, -0.2) is 24.5 Å². The second-order valence-corrected chi connectivity index (χ2v) is 6.85. The van der Waals surface area contributed by atoms with Crippen molar-refractivity contribution in [1.82, 2.24) is 24.5 Å². The predicted molar refractivity (Wildman–Crippen MR) is 110 cm³/mol. The number of hydrogen-bond acceptors (Lipinski definition) is 5. The van der Waals surface area contributed by atoms with Gasteiger partial charge in [-0.3, -0.25) is 9.36 Å². The van der Waals surface area contributed by atoms with Gasteiger partial charge in [0.2, 0.25) is 5.56 Å². The fourth-order valence-corrected chi connectivity index (χ4v) is 3.28. The zero-order valence-corrected chi connectivity index (χ0v) is 16.0. The minimum absolute atomic E-state index is 0.222. The predicted octanol–water partition coefficient (Wildman–Crippen LogP) is 3.62. The van der Waals surface area contributed by atoms with Gasteiger partial charge >= 0.3 is 0 Å². The molecule has 0 spiro atoms. The van der Waals surface area contributed by atoms with E-state index in [9.17, 15) is 9.18 Å². The van der Waals surface area contributed by atoms with Crippen molar-refractivity contribution in [1.29, 1.82) is 0 Å². The number of rotatable bonds is 6. The molecule has 0 saturated heterocycles. The fourth-order valence-electron chi connectivity index (χ4n) is 3.28. The van der Waals surface area contributed by atoms with Crippen LogP contribution in [0.5, 0.6) is 0 Å². The highest BCUT2D eigenvalue weighted by atomic mass is 19.1. The molecule has 29 heavy (non-hydrogen) atoms. The van der Waals surface area contributed by atoms with Gasteiger partial charge in [-0.25, -0.2) is 19.3 Å². The lowest BCUT2D eigenvalue weighted by molar-refractivity contribution is 0.628. The van der Waals surface area contributed by atoms with E-state index in [1.165, 1.54) is 18.2 Å². The molecule has 3 N–H and O–H groups in total. The molecule has 1 aromatic carbocycles. The number of benzene rings is 1. The molecule has 0 bridgehead atoms. The van der Waals surface area contributed by atoms with Crippen LogP contribution in [0, 0.1) is 5.82 Å². The van der Waals surface area contributed by atoms with Crippen LogP contribution in [-0.2, 0) is 6.42 Å². The van der Waals surface area contributed by atoms with Gasteiger partial charge in [0, 0.05) is 24.2 Å². The number of halogens is 1. The molecule has 4 rings (SSSR count). The average molecular weight is 392 g/mol. The van der Waals surface area contributed by atoms with Gasteiger partial charge in [0.25, 0.3) is 0 Å². The van der Waals surface area contributed by atoms with Crippen molar-refractivity contribution in [3.05, 3.63) is 64.6 Å². The van der Waals surface area contributed by atoms with E-state index in [2.05, 4.69) is 21.9 Å². The summed E-state index contributed by atoms with van der Waals surface area (Å²) in [5.74, 6) is 1.02. The van der Waals surface area contributed by atoms with Crippen LogP contribution in [0.4, 0.5) is 10.2 Å². The van der Waals surface area contributed by atoms with Crippen LogP contribution >= 0.6 is 0 Å². The number of imidazole rings is 1. The third kappa shape index (κ3) is 3.73. The number of H-pyrrole nitrogens is 1. The summed E-state index contributed by atoms with van der Waals surface area (Å²) in [5.41, 5.74) is 8.15. The summed E-state index contributed by atoms with van der Waals surface area (Å²) in [5, 5.41) is 0. The molecule has 4 aromatic rings. The lowest BCUT2D eigenvalue weighted by atomic mass is 10.2. The number of nitrogen functional groups attached to an aromatic ring is 1. The van der Waals surface area contributed by atoms with E-state index in [-0.39, 0.29) is 17.2 Å². The molecule has 8 heteroatoms. The standard InChI is InChI=1S/C21H21FN6O/c1-2-3-4-8-16-25-19(23)18-21(26-16)28(15-9-10-17(29)24-12-15)20(27-18)13-6-5-7-14(22)11-13/h5-7,9-12H,2-4,8H2,1H3,(H,24,29)(H2,23,25,26). The molecule has 3 aromatic heterocycles. The van der Waals surface area contributed by atoms with Gasteiger partial charge in [0.05, 0.1) is 5.69 Å². The largest absolute Gasteiger partial charge is 0.382 e. The number of anilines is 1. The van der Waals surface area contributed by atoms with Crippen LogP contribution in [0.3, 0.4) is 0 Å². The van der Waals surface area contributed by atoms with E-state index in [0.717, 1.165) is 19.3 Å². The Kier molecular flexibility index (Phi) is 5.07. The van der Waals surface area contributed by atoms with E-state index < -0.39 is 0 Å². The molecule has 0 unspecified atom stereocenters. The molecule has 0 aliphatic carbocycles. The number of unbranched alkanes of at least 4 members (excludes halogenated alkanes) is 2. The van der Waals surface area contributed by atoms with Gasteiger partial charge in [0.15, 0.2) is 17.0 Å². The van der Waals surface area contributed by atoms with E-state index in [1.54, 1.807) is 29.0 Å². The number of fused-ring (bicyclic) bond motifs is 1. The number of pyridine rings is 1. The molecule has 0 radical (unpaired) electrons. The molecular weight excluding hydrogens is 371 g/mol. The van der Waals surface area contributed by atoms with Crippen molar-refractivity contribution in [2.75, 3.05) is 5.73 Å². The zero-order valence-electron chi connectivity index (χ0n) is 16.0. The molecule has 0 amide bonds. The van der Waals surface area contributed by atoms with Gasteiger partial charge in [-0.2, -0.15) is 0 Å². The topological polar surface area (TPSA) is 102 Å². The lowest BCUT2D eigenvalue weighted by Crippen LogP contribution is -2.07. The number of nitrogens with one attached hydrogen (secondary N) is 1. The number of aromatic nitrogens is 5. The van der Waals surface area contributed by atoms with E-state index in [0.29, 0.717) is 40.5 Å². The summed E-state index contributed by atoms with van der Waals surface area (Å²) in [6.45, 7) is 2.13. The highest BCUT2D eigenvalue weighted by Gasteiger charge is 2.19. The maximum absolute atomic E-state index is 13.9. The summed E-state index contributed by atoms with van der Waals surface area (Å²) in [7, 11) is 0. The van der Waals surface area contributed by atoms with Crippen molar-refractivity contribution in [2.24, 2.45) is 0 Å². The Morgan fingerprint density at radius 3 is 2.72 bits per heavy atom. The smallest absolute Gasteiger partial charge is 0.248 e. The van der Waals surface area contributed by atoms with Crippen LogP contribution in [0.25, 0.3) is 28.2 Å². The van der Waals surface area contributed by atoms with Crippen LogP contribution < -0.4 is 11.3 Å². The molecule has 0 aliphatic rings. The van der Waals surface area contributed by atoms with Gasteiger partial charge in [0.1, 0.15) is 17.5 Å². The van der Waals surface area contributed by atoms with Crippen molar-refractivity contribution < 1.29 is 4.39 Å². The van der Waals surface area contributed by atoms with Crippen LogP contribution in [0.15, 0.2) is 47.4 Å². The number of aryl methyl sites for hydroxylation is 1. The zero-order chi connectivity index (χ0) is 20.4. The molecule has 3 heterocycles. The fraction of sp³-hybridized carbons (Fsp3) is 0.238. The quantitative estimate of drug-likeness (QED) is 0.488. The monoisotopic (exact) mass is 392 g/mol. The minimum atomic E-state index is -0.373. The first-order chi connectivity index (χ1) is 14.1. The summed E-state index contributed by atoms with van der Waals surface area (Å²) in [4.78, 5) is 27.9. The van der Waals surface area contributed by atoms with E-state index in [4.69, 9.17) is 10.7 Å².